The monoisotopic (exact) mass is 405 g/mol. The first kappa shape index (κ1) is 24.1. The highest BCUT2D eigenvalue weighted by Crippen LogP contribution is 2.48. The normalized spacial score (nSPS) is 28.6. The van der Waals surface area contributed by atoms with Gasteiger partial charge in [0.15, 0.2) is 0 Å². The molecule has 1 amide bonds. The maximum absolute atomic E-state index is 11.7. The quantitative estimate of drug-likeness (QED) is 0.319. The Bertz CT molecular complexity index is 579. The lowest BCUT2D eigenvalue weighted by Crippen LogP contribution is -2.29. The molecule has 0 aromatic heterocycles. The Labute approximate surface area is 177 Å². The largest absolute Gasteiger partial charge is 0.392 e. The number of carbonyl (C=O) groups excluding carboxylic acids is 1. The second-order valence-corrected chi connectivity index (χ2v) is 9.90. The summed E-state index contributed by atoms with van der Waals surface area (Å²) in [5, 5.41) is 23.9. The highest BCUT2D eigenvalue weighted by molar-refractivity contribution is 5.76. The average molecular weight is 406 g/mol. The van der Waals surface area contributed by atoms with Crippen molar-refractivity contribution in [2.45, 2.75) is 110 Å². The van der Waals surface area contributed by atoms with Crippen LogP contribution in [0.3, 0.4) is 0 Å². The summed E-state index contributed by atoms with van der Waals surface area (Å²) >= 11 is 0. The van der Waals surface area contributed by atoms with Crippen LogP contribution >= 0.6 is 0 Å². The molecule has 0 saturated heterocycles. The van der Waals surface area contributed by atoms with Gasteiger partial charge in [-0.2, -0.15) is 0 Å². The summed E-state index contributed by atoms with van der Waals surface area (Å²) < 4.78 is 0. The van der Waals surface area contributed by atoms with Crippen LogP contribution in [0.15, 0.2) is 23.8 Å². The summed E-state index contributed by atoms with van der Waals surface area (Å²) in [4.78, 5) is 11.7. The molecule has 0 aliphatic heterocycles. The molecular weight excluding hydrogens is 362 g/mol. The van der Waals surface area contributed by atoms with Crippen LogP contribution in [-0.2, 0) is 4.79 Å². The van der Waals surface area contributed by atoms with Crippen molar-refractivity contribution in [3.05, 3.63) is 23.8 Å². The average Bonchev–Trinajstić information content (AvgIpc) is 3.14. The first-order valence-electron chi connectivity index (χ1n) is 11.8. The highest BCUT2D eigenvalue weighted by Gasteiger charge is 2.43. The first-order valence-corrected chi connectivity index (χ1v) is 11.8. The number of aliphatic hydroxyl groups is 2. The molecule has 0 aromatic carbocycles. The third-order valence-corrected chi connectivity index (χ3v) is 6.54. The van der Waals surface area contributed by atoms with E-state index in [4.69, 9.17) is 0 Å². The molecule has 2 aliphatic rings. The van der Waals surface area contributed by atoms with Crippen LogP contribution in [0, 0.1) is 17.8 Å². The molecule has 4 heteroatoms. The van der Waals surface area contributed by atoms with E-state index in [2.05, 4.69) is 30.5 Å². The van der Waals surface area contributed by atoms with Crippen molar-refractivity contribution in [3.8, 4) is 0 Å². The summed E-state index contributed by atoms with van der Waals surface area (Å²) in [7, 11) is 0. The highest BCUT2D eigenvalue weighted by atomic mass is 16.3. The maximum Gasteiger partial charge on any atom is 0.220 e. The van der Waals surface area contributed by atoms with E-state index in [0.29, 0.717) is 24.7 Å². The van der Waals surface area contributed by atoms with Crippen molar-refractivity contribution in [2.24, 2.45) is 17.8 Å². The number of aliphatic hydroxyl groups excluding tert-OH is 1. The lowest BCUT2D eigenvalue weighted by atomic mass is 9.87. The molecule has 0 bridgehead atoms. The SMILES string of the molecule is CCCC[C@](C)(O)CC=C[C@@H]1[C@H]2CC(CCCCC(=O)NC(C)C)=C[C@H]2C[C@H]1O. The van der Waals surface area contributed by atoms with E-state index in [1.54, 1.807) is 0 Å². The molecular formula is C25H43NO3. The van der Waals surface area contributed by atoms with Crippen molar-refractivity contribution in [3.63, 3.8) is 0 Å². The van der Waals surface area contributed by atoms with Crippen molar-refractivity contribution < 1.29 is 15.0 Å². The molecule has 29 heavy (non-hydrogen) atoms. The Balaban J connectivity index is 1.76. The fourth-order valence-electron chi connectivity index (χ4n) is 4.96. The Morgan fingerprint density at radius 3 is 2.79 bits per heavy atom. The van der Waals surface area contributed by atoms with Gasteiger partial charge < -0.3 is 15.5 Å². The maximum atomic E-state index is 11.7. The van der Waals surface area contributed by atoms with Gasteiger partial charge in [-0.3, -0.25) is 4.79 Å². The number of allylic oxidation sites excluding steroid dienone is 2. The second kappa shape index (κ2) is 11.3. The summed E-state index contributed by atoms with van der Waals surface area (Å²) in [6.07, 6.45) is 15.6. The van der Waals surface area contributed by atoms with E-state index in [9.17, 15) is 15.0 Å². The number of hydrogen-bond acceptors (Lipinski definition) is 3. The summed E-state index contributed by atoms with van der Waals surface area (Å²) in [5.74, 6) is 1.34. The molecule has 2 aliphatic carbocycles. The lowest BCUT2D eigenvalue weighted by molar-refractivity contribution is -0.121. The zero-order valence-corrected chi connectivity index (χ0v) is 19.0. The minimum Gasteiger partial charge on any atom is -0.392 e. The number of carbonyl (C=O) groups is 1. The van der Waals surface area contributed by atoms with Crippen LogP contribution in [0.5, 0.6) is 0 Å². The zero-order chi connectivity index (χ0) is 21.4. The van der Waals surface area contributed by atoms with Crippen molar-refractivity contribution in [1.82, 2.24) is 5.32 Å². The molecule has 4 nitrogen and oxygen atoms in total. The van der Waals surface area contributed by atoms with E-state index < -0.39 is 5.60 Å². The first-order chi connectivity index (χ1) is 13.7. The van der Waals surface area contributed by atoms with Crippen LogP contribution in [-0.4, -0.2) is 33.9 Å². The molecule has 0 radical (unpaired) electrons. The fraction of sp³-hybridized carbons (Fsp3) is 0.800. The molecule has 0 aromatic rings. The van der Waals surface area contributed by atoms with Crippen LogP contribution in [0.4, 0.5) is 0 Å². The Hall–Kier alpha value is -1.13. The van der Waals surface area contributed by atoms with Gasteiger partial charge in [0.1, 0.15) is 0 Å². The molecule has 0 spiro atoms. The number of nitrogens with one attached hydrogen (secondary N) is 1. The fourth-order valence-corrected chi connectivity index (χ4v) is 4.96. The van der Waals surface area contributed by atoms with Crippen LogP contribution < -0.4 is 5.32 Å². The summed E-state index contributed by atoms with van der Waals surface area (Å²) in [5.41, 5.74) is 0.862. The van der Waals surface area contributed by atoms with Crippen LogP contribution in [0.2, 0.25) is 0 Å². The molecule has 5 atom stereocenters. The summed E-state index contributed by atoms with van der Waals surface area (Å²) in [6.45, 7) is 8.04. The predicted molar refractivity (Wildman–Crippen MR) is 119 cm³/mol. The number of fused-ring (bicyclic) bond motifs is 1. The van der Waals surface area contributed by atoms with Gasteiger partial charge >= 0.3 is 0 Å². The third kappa shape index (κ3) is 7.90. The van der Waals surface area contributed by atoms with Gasteiger partial charge in [0.2, 0.25) is 5.91 Å². The van der Waals surface area contributed by atoms with Crippen molar-refractivity contribution in [1.29, 1.82) is 0 Å². The van der Waals surface area contributed by atoms with Gasteiger partial charge in [-0.15, -0.1) is 0 Å². The van der Waals surface area contributed by atoms with E-state index in [0.717, 1.165) is 51.4 Å². The Morgan fingerprint density at radius 1 is 1.34 bits per heavy atom. The molecule has 0 heterocycles. The van der Waals surface area contributed by atoms with Gasteiger partial charge in [-0.25, -0.2) is 0 Å². The molecule has 1 saturated carbocycles. The van der Waals surface area contributed by atoms with E-state index in [-0.39, 0.29) is 24.0 Å². The molecule has 2 rings (SSSR count). The van der Waals surface area contributed by atoms with E-state index in [1.807, 2.05) is 20.8 Å². The van der Waals surface area contributed by atoms with Gasteiger partial charge in [-0.1, -0.05) is 43.6 Å². The van der Waals surface area contributed by atoms with E-state index in [1.165, 1.54) is 5.57 Å². The topological polar surface area (TPSA) is 69.6 Å². The minimum atomic E-state index is -0.642. The predicted octanol–water partition coefficient (Wildman–Crippen LogP) is 4.90. The zero-order valence-electron chi connectivity index (χ0n) is 19.0. The minimum absolute atomic E-state index is 0.153. The molecule has 3 N–H and O–H groups in total. The van der Waals surface area contributed by atoms with Gasteiger partial charge in [0, 0.05) is 18.4 Å². The molecule has 1 fully saturated rings. The molecule has 0 unspecified atom stereocenters. The second-order valence-electron chi connectivity index (χ2n) is 9.90. The number of rotatable bonds is 12. The summed E-state index contributed by atoms with van der Waals surface area (Å²) in [6, 6.07) is 0.214. The number of hydrogen-bond donors (Lipinski definition) is 3. The van der Waals surface area contributed by atoms with Gasteiger partial charge in [0.05, 0.1) is 11.7 Å². The lowest BCUT2D eigenvalue weighted by Gasteiger charge is -2.22. The van der Waals surface area contributed by atoms with E-state index >= 15 is 0 Å². The van der Waals surface area contributed by atoms with Gasteiger partial charge in [-0.05, 0) is 77.6 Å². The number of unbranched alkanes of at least 4 members (excludes halogenated alkanes) is 2. The Kier molecular flexibility index (Phi) is 9.42. The smallest absolute Gasteiger partial charge is 0.220 e. The van der Waals surface area contributed by atoms with Gasteiger partial charge in [0.25, 0.3) is 0 Å². The van der Waals surface area contributed by atoms with Crippen LogP contribution in [0.25, 0.3) is 0 Å². The van der Waals surface area contributed by atoms with Crippen LogP contribution in [0.1, 0.15) is 91.9 Å². The van der Waals surface area contributed by atoms with Crippen molar-refractivity contribution in [2.75, 3.05) is 0 Å². The number of amides is 1. The third-order valence-electron chi connectivity index (χ3n) is 6.54. The van der Waals surface area contributed by atoms with Crippen molar-refractivity contribution >= 4 is 5.91 Å². The molecule has 166 valence electrons. The Morgan fingerprint density at radius 2 is 2.10 bits per heavy atom. The standard InChI is InChI=1S/C25H43NO3/c1-5-6-13-25(4,29)14-9-11-21-22-16-19(15-20(22)17-23(21)27)10-7-8-12-24(28)26-18(2)3/h9,11,15,18,20-23,27,29H,5-8,10,12-14,16-17H2,1-4H3,(H,26,28)/t20-,21+,22-,23+,25-/m0/s1.